The van der Waals surface area contributed by atoms with Gasteiger partial charge in [-0.05, 0) is 37.1 Å². The van der Waals surface area contributed by atoms with Gasteiger partial charge in [-0.3, -0.25) is 4.79 Å². The Morgan fingerprint density at radius 2 is 2.00 bits per heavy atom. The minimum Gasteiger partial charge on any atom is -0.326 e. The maximum absolute atomic E-state index is 12.2. The van der Waals surface area contributed by atoms with E-state index in [0.29, 0.717) is 11.4 Å². The summed E-state index contributed by atoms with van der Waals surface area (Å²) >= 11 is 5.81. The van der Waals surface area contributed by atoms with Crippen molar-refractivity contribution < 1.29 is 4.79 Å². The molecule has 1 aromatic carbocycles. The number of aromatic amines is 1. The summed E-state index contributed by atoms with van der Waals surface area (Å²) in [6.07, 6.45) is 2.24. The number of benzene rings is 1. The number of amides is 1. The van der Waals surface area contributed by atoms with Gasteiger partial charge in [-0.25, -0.2) is 0 Å². The van der Waals surface area contributed by atoms with Crippen LogP contribution in [0.15, 0.2) is 24.3 Å². The van der Waals surface area contributed by atoms with Crippen LogP contribution < -0.4 is 5.32 Å². The number of H-pyrrole nitrogens is 1. The Morgan fingerprint density at radius 1 is 1.26 bits per heavy atom. The molecule has 1 amide bonds. The predicted octanol–water partition coefficient (Wildman–Crippen LogP) is 2.20. The third-order valence-corrected chi connectivity index (χ3v) is 3.61. The van der Waals surface area contributed by atoms with Crippen molar-refractivity contribution in [3.05, 3.63) is 40.7 Å². The van der Waals surface area contributed by atoms with Gasteiger partial charge in [0.25, 0.3) is 0 Å². The molecule has 1 aliphatic carbocycles. The van der Waals surface area contributed by atoms with Crippen LogP contribution >= 0.6 is 11.6 Å². The van der Waals surface area contributed by atoms with Crippen molar-refractivity contribution in [2.24, 2.45) is 5.92 Å². The molecule has 5 nitrogen and oxygen atoms in total. The van der Waals surface area contributed by atoms with Crippen LogP contribution in [0.25, 0.3) is 0 Å². The van der Waals surface area contributed by atoms with Gasteiger partial charge in [-0.2, -0.15) is 15.4 Å². The molecule has 0 spiro atoms. The molecule has 0 fully saturated rings. The topological polar surface area (TPSA) is 70.7 Å². The highest BCUT2D eigenvalue weighted by Crippen LogP contribution is 2.23. The number of carbonyl (C=O) groups is 1. The summed E-state index contributed by atoms with van der Waals surface area (Å²) in [5, 5.41) is 14.3. The number of nitrogens with zero attached hydrogens (tertiary/aromatic N) is 2. The fourth-order valence-corrected chi connectivity index (χ4v) is 2.41. The first-order valence-electron chi connectivity index (χ1n) is 6.17. The number of hydrogen-bond donors (Lipinski definition) is 2. The summed E-state index contributed by atoms with van der Waals surface area (Å²) in [4.78, 5) is 12.2. The summed E-state index contributed by atoms with van der Waals surface area (Å²) in [6.45, 7) is 0. The summed E-state index contributed by atoms with van der Waals surface area (Å²) in [6, 6.07) is 7.11. The molecule has 2 N–H and O–H groups in total. The Morgan fingerprint density at radius 3 is 2.79 bits per heavy atom. The lowest BCUT2D eigenvalue weighted by Crippen LogP contribution is -2.28. The van der Waals surface area contributed by atoms with E-state index in [2.05, 4.69) is 20.7 Å². The van der Waals surface area contributed by atoms with Gasteiger partial charge in [0.1, 0.15) is 0 Å². The van der Waals surface area contributed by atoms with Gasteiger partial charge in [-0.1, -0.05) is 11.6 Å². The zero-order valence-corrected chi connectivity index (χ0v) is 10.9. The van der Waals surface area contributed by atoms with Crippen molar-refractivity contribution in [3.8, 4) is 0 Å². The average molecular weight is 277 g/mol. The molecule has 2 aromatic rings. The third kappa shape index (κ3) is 2.61. The van der Waals surface area contributed by atoms with Crippen LogP contribution in [0.2, 0.25) is 5.02 Å². The Balaban J connectivity index is 1.67. The summed E-state index contributed by atoms with van der Waals surface area (Å²) in [5.74, 6) is -0.0238. The van der Waals surface area contributed by atoms with Crippen molar-refractivity contribution in [1.29, 1.82) is 0 Å². The number of aromatic nitrogens is 3. The van der Waals surface area contributed by atoms with Crippen LogP contribution in [-0.2, 0) is 17.6 Å². The Labute approximate surface area is 115 Å². The maximum atomic E-state index is 12.2. The number of fused-ring (bicyclic) bond motifs is 1. The number of nitrogens with one attached hydrogen (secondary N) is 2. The van der Waals surface area contributed by atoms with Crippen LogP contribution in [0.3, 0.4) is 0 Å². The van der Waals surface area contributed by atoms with Crippen LogP contribution in [0.4, 0.5) is 5.69 Å². The molecule has 19 heavy (non-hydrogen) atoms. The van der Waals surface area contributed by atoms with Gasteiger partial charge < -0.3 is 5.32 Å². The highest BCUT2D eigenvalue weighted by atomic mass is 35.5. The molecule has 6 heteroatoms. The van der Waals surface area contributed by atoms with Crippen LogP contribution in [0, 0.1) is 5.92 Å². The van der Waals surface area contributed by atoms with Gasteiger partial charge >= 0.3 is 0 Å². The Bertz CT molecular complexity index is 593. The lowest BCUT2D eigenvalue weighted by molar-refractivity contribution is -0.120. The second-order valence-electron chi connectivity index (χ2n) is 4.65. The summed E-state index contributed by atoms with van der Waals surface area (Å²) in [7, 11) is 0. The maximum Gasteiger partial charge on any atom is 0.227 e. The van der Waals surface area contributed by atoms with E-state index in [1.54, 1.807) is 24.3 Å². The Hall–Kier alpha value is -1.88. The monoisotopic (exact) mass is 276 g/mol. The molecule has 0 bridgehead atoms. The lowest BCUT2D eigenvalue weighted by atomic mass is 9.89. The molecule has 98 valence electrons. The molecular weight excluding hydrogens is 264 g/mol. The number of rotatable bonds is 2. The van der Waals surface area contributed by atoms with E-state index in [4.69, 9.17) is 11.6 Å². The van der Waals surface area contributed by atoms with Crippen molar-refractivity contribution in [1.82, 2.24) is 15.4 Å². The largest absolute Gasteiger partial charge is 0.326 e. The molecule has 3 rings (SSSR count). The number of halogens is 1. The van der Waals surface area contributed by atoms with Gasteiger partial charge in [0.05, 0.1) is 11.4 Å². The minimum atomic E-state index is -0.0479. The molecule has 0 saturated carbocycles. The average Bonchev–Trinajstić information content (AvgIpc) is 2.88. The van der Waals surface area contributed by atoms with Gasteiger partial charge in [0, 0.05) is 23.0 Å². The van der Waals surface area contributed by atoms with E-state index >= 15 is 0 Å². The number of carbonyl (C=O) groups excluding carboxylic acids is 1. The molecule has 0 saturated heterocycles. The SMILES string of the molecule is O=C(Nc1ccc(Cl)cc1)C1CCc2n[nH]nc2C1. The van der Waals surface area contributed by atoms with Crippen LogP contribution in [0.5, 0.6) is 0 Å². The van der Waals surface area contributed by atoms with Crippen LogP contribution in [0.1, 0.15) is 17.8 Å². The fraction of sp³-hybridized carbons (Fsp3) is 0.308. The molecule has 0 radical (unpaired) electrons. The fourth-order valence-electron chi connectivity index (χ4n) is 2.29. The molecule has 1 heterocycles. The van der Waals surface area contributed by atoms with Crippen molar-refractivity contribution in [2.45, 2.75) is 19.3 Å². The van der Waals surface area contributed by atoms with Crippen LogP contribution in [-0.4, -0.2) is 21.3 Å². The van der Waals surface area contributed by atoms with E-state index in [0.717, 1.165) is 29.9 Å². The zero-order chi connectivity index (χ0) is 13.2. The lowest BCUT2D eigenvalue weighted by Gasteiger charge is -2.19. The van der Waals surface area contributed by atoms with Crippen molar-refractivity contribution >= 4 is 23.2 Å². The highest BCUT2D eigenvalue weighted by molar-refractivity contribution is 6.30. The zero-order valence-electron chi connectivity index (χ0n) is 10.2. The number of anilines is 1. The number of aryl methyl sites for hydroxylation is 1. The van der Waals surface area contributed by atoms with E-state index in [1.165, 1.54) is 0 Å². The third-order valence-electron chi connectivity index (χ3n) is 3.35. The van der Waals surface area contributed by atoms with E-state index in [-0.39, 0.29) is 11.8 Å². The van der Waals surface area contributed by atoms with Gasteiger partial charge in [0.15, 0.2) is 0 Å². The first-order valence-corrected chi connectivity index (χ1v) is 6.55. The van der Waals surface area contributed by atoms with Crippen molar-refractivity contribution in [3.63, 3.8) is 0 Å². The van der Waals surface area contributed by atoms with E-state index < -0.39 is 0 Å². The minimum absolute atomic E-state index is 0.0240. The summed E-state index contributed by atoms with van der Waals surface area (Å²) in [5.41, 5.74) is 2.65. The quantitative estimate of drug-likeness (QED) is 0.883. The molecule has 1 aliphatic rings. The van der Waals surface area contributed by atoms with E-state index in [9.17, 15) is 4.79 Å². The Kier molecular flexibility index (Phi) is 3.21. The molecule has 0 aliphatic heterocycles. The van der Waals surface area contributed by atoms with E-state index in [1.807, 2.05) is 0 Å². The normalized spacial score (nSPS) is 17.8. The molecule has 1 unspecified atom stereocenters. The first-order chi connectivity index (χ1) is 9.22. The van der Waals surface area contributed by atoms with Crippen molar-refractivity contribution in [2.75, 3.05) is 5.32 Å². The number of hydrogen-bond acceptors (Lipinski definition) is 3. The first kappa shape index (κ1) is 12.2. The second kappa shape index (κ2) is 5.01. The standard InChI is InChI=1S/C13H13ClN4O/c14-9-2-4-10(5-3-9)15-13(19)8-1-6-11-12(7-8)17-18-16-11/h2-5,8H,1,6-7H2,(H,15,19)(H,16,17,18). The predicted molar refractivity (Wildman–Crippen MR) is 72.0 cm³/mol. The van der Waals surface area contributed by atoms with Gasteiger partial charge in [0.2, 0.25) is 5.91 Å². The summed E-state index contributed by atoms with van der Waals surface area (Å²) < 4.78 is 0. The molecular formula is C13H13ClN4O. The van der Waals surface area contributed by atoms with Gasteiger partial charge in [-0.15, -0.1) is 0 Å². The molecule has 1 aromatic heterocycles. The molecule has 1 atom stereocenters. The second-order valence-corrected chi connectivity index (χ2v) is 5.09. The smallest absolute Gasteiger partial charge is 0.227 e. The highest BCUT2D eigenvalue weighted by Gasteiger charge is 2.27.